The molecule has 1 N–H and O–H groups in total. The molecule has 0 spiro atoms. The molecule has 0 bridgehead atoms. The number of aliphatic hydroxyl groups is 1. The maximum atomic E-state index is 14.3. The average Bonchev–Trinajstić information content (AvgIpc) is 2.99. The quantitative estimate of drug-likeness (QED) is 0.661. The molecule has 1 aliphatic rings. The molecule has 1 unspecified atom stereocenters. The number of aromatic nitrogens is 2. The number of aliphatic hydroxyl groups excluding tert-OH is 1. The standard InChI is InChI=1S/C25H30FN3O2/c1-19-22(24(31)29(27(19)2)21-10-4-3-5-11-21)16-28-14-8-13-25(17-28,18-30)15-20-9-6-7-12-23(20)26/h3-7,9-12,30H,8,13-18H2,1-2H3. The van der Waals surface area contributed by atoms with Crippen LogP contribution in [0.15, 0.2) is 59.4 Å². The Bertz CT molecular complexity index is 1110. The van der Waals surface area contributed by atoms with E-state index in [1.54, 1.807) is 16.8 Å². The first kappa shape index (κ1) is 21.5. The molecule has 0 aliphatic carbocycles. The van der Waals surface area contributed by atoms with Crippen LogP contribution in [-0.4, -0.2) is 39.1 Å². The molecule has 1 saturated heterocycles. The Balaban J connectivity index is 1.59. The van der Waals surface area contributed by atoms with Crippen LogP contribution in [0.1, 0.15) is 29.7 Å². The van der Waals surface area contributed by atoms with Gasteiger partial charge in [-0.1, -0.05) is 36.4 Å². The van der Waals surface area contributed by atoms with Gasteiger partial charge in [0.05, 0.1) is 17.9 Å². The summed E-state index contributed by atoms with van der Waals surface area (Å²) in [4.78, 5) is 15.5. The molecular formula is C25H30FN3O2. The topological polar surface area (TPSA) is 50.4 Å². The van der Waals surface area contributed by atoms with Gasteiger partial charge in [-0.05, 0) is 56.5 Å². The number of halogens is 1. The van der Waals surface area contributed by atoms with Crippen LogP contribution in [0.2, 0.25) is 0 Å². The third-order valence-electron chi connectivity index (χ3n) is 6.65. The van der Waals surface area contributed by atoms with E-state index in [-0.39, 0.29) is 18.0 Å². The van der Waals surface area contributed by atoms with Crippen molar-refractivity contribution in [3.05, 3.63) is 87.6 Å². The van der Waals surface area contributed by atoms with Gasteiger partial charge in [-0.2, -0.15) is 0 Å². The molecule has 0 amide bonds. The molecule has 1 aliphatic heterocycles. The Morgan fingerprint density at radius 3 is 2.52 bits per heavy atom. The Morgan fingerprint density at radius 1 is 1.10 bits per heavy atom. The highest BCUT2D eigenvalue weighted by Crippen LogP contribution is 2.34. The minimum Gasteiger partial charge on any atom is -0.396 e. The monoisotopic (exact) mass is 423 g/mol. The van der Waals surface area contributed by atoms with E-state index in [9.17, 15) is 14.3 Å². The van der Waals surface area contributed by atoms with Gasteiger partial charge < -0.3 is 5.11 Å². The lowest BCUT2D eigenvalue weighted by Crippen LogP contribution is -2.46. The second-order valence-corrected chi connectivity index (χ2v) is 8.78. The average molecular weight is 424 g/mol. The zero-order valence-electron chi connectivity index (χ0n) is 18.2. The molecule has 2 heterocycles. The zero-order valence-corrected chi connectivity index (χ0v) is 18.2. The second-order valence-electron chi connectivity index (χ2n) is 8.78. The fraction of sp³-hybridized carbons (Fsp3) is 0.400. The summed E-state index contributed by atoms with van der Waals surface area (Å²) < 4.78 is 17.9. The van der Waals surface area contributed by atoms with E-state index < -0.39 is 5.41 Å². The largest absolute Gasteiger partial charge is 0.396 e. The van der Waals surface area contributed by atoms with E-state index in [1.807, 2.05) is 55.1 Å². The van der Waals surface area contributed by atoms with E-state index in [0.717, 1.165) is 36.3 Å². The molecule has 31 heavy (non-hydrogen) atoms. The van der Waals surface area contributed by atoms with Crippen LogP contribution >= 0.6 is 0 Å². The van der Waals surface area contributed by atoms with Gasteiger partial charge in [0, 0.05) is 31.2 Å². The number of benzene rings is 2. The lowest BCUT2D eigenvalue weighted by molar-refractivity contribution is 0.0281. The van der Waals surface area contributed by atoms with Crippen LogP contribution < -0.4 is 5.56 Å². The number of hydrogen-bond donors (Lipinski definition) is 1. The molecular weight excluding hydrogens is 393 g/mol. The molecule has 2 aromatic carbocycles. The molecule has 4 rings (SSSR count). The Labute approximate surface area is 182 Å². The van der Waals surface area contributed by atoms with Crippen molar-refractivity contribution in [1.82, 2.24) is 14.3 Å². The van der Waals surface area contributed by atoms with Crippen LogP contribution in [0.4, 0.5) is 4.39 Å². The molecule has 3 aromatic rings. The summed E-state index contributed by atoms with van der Waals surface area (Å²) in [7, 11) is 1.90. The molecule has 0 radical (unpaired) electrons. The van der Waals surface area contributed by atoms with Crippen molar-refractivity contribution >= 4 is 0 Å². The number of likely N-dealkylation sites (tertiary alicyclic amines) is 1. The highest BCUT2D eigenvalue weighted by Gasteiger charge is 2.36. The summed E-state index contributed by atoms with van der Waals surface area (Å²) in [6.07, 6.45) is 2.25. The SMILES string of the molecule is Cc1c(CN2CCCC(CO)(Cc3ccccc3F)C2)c(=O)n(-c2ccccc2)n1C. The fourth-order valence-corrected chi connectivity index (χ4v) is 4.85. The van der Waals surface area contributed by atoms with E-state index in [2.05, 4.69) is 4.90 Å². The normalized spacial score (nSPS) is 19.6. The van der Waals surface area contributed by atoms with E-state index in [1.165, 1.54) is 6.07 Å². The van der Waals surface area contributed by atoms with Crippen molar-refractivity contribution in [2.45, 2.75) is 32.7 Å². The number of rotatable bonds is 6. The van der Waals surface area contributed by atoms with Crippen molar-refractivity contribution in [3.8, 4) is 5.69 Å². The van der Waals surface area contributed by atoms with Crippen LogP contribution in [0.3, 0.4) is 0 Å². The van der Waals surface area contributed by atoms with Crippen LogP contribution in [0, 0.1) is 18.2 Å². The highest BCUT2D eigenvalue weighted by molar-refractivity contribution is 5.33. The van der Waals surface area contributed by atoms with Gasteiger partial charge in [-0.15, -0.1) is 0 Å². The summed E-state index contributed by atoms with van der Waals surface area (Å²) >= 11 is 0. The summed E-state index contributed by atoms with van der Waals surface area (Å²) in [6, 6.07) is 16.4. The molecule has 164 valence electrons. The van der Waals surface area contributed by atoms with Crippen LogP contribution in [-0.2, 0) is 20.0 Å². The van der Waals surface area contributed by atoms with Crippen LogP contribution in [0.5, 0.6) is 0 Å². The predicted octanol–water partition coefficient (Wildman–Crippen LogP) is 3.44. The van der Waals surface area contributed by atoms with Gasteiger partial charge in [0.15, 0.2) is 0 Å². The first-order valence-electron chi connectivity index (χ1n) is 10.8. The van der Waals surface area contributed by atoms with Crippen molar-refractivity contribution < 1.29 is 9.50 Å². The number of piperidine rings is 1. The van der Waals surface area contributed by atoms with Gasteiger partial charge in [0.1, 0.15) is 5.82 Å². The smallest absolute Gasteiger partial charge is 0.276 e. The molecule has 1 aromatic heterocycles. The Kier molecular flexibility index (Phi) is 6.12. The first-order chi connectivity index (χ1) is 14.9. The van der Waals surface area contributed by atoms with Gasteiger partial charge in [0.2, 0.25) is 0 Å². The maximum absolute atomic E-state index is 14.3. The summed E-state index contributed by atoms with van der Waals surface area (Å²) in [5.74, 6) is -0.225. The summed E-state index contributed by atoms with van der Waals surface area (Å²) in [5, 5.41) is 10.3. The first-order valence-corrected chi connectivity index (χ1v) is 10.8. The molecule has 5 nitrogen and oxygen atoms in total. The lowest BCUT2D eigenvalue weighted by Gasteiger charge is -2.42. The van der Waals surface area contributed by atoms with Gasteiger partial charge >= 0.3 is 0 Å². The Morgan fingerprint density at radius 2 is 1.81 bits per heavy atom. The molecule has 1 atom stereocenters. The fourth-order valence-electron chi connectivity index (χ4n) is 4.85. The lowest BCUT2D eigenvalue weighted by atomic mass is 9.75. The van der Waals surface area contributed by atoms with Crippen LogP contribution in [0.25, 0.3) is 5.69 Å². The van der Waals surface area contributed by atoms with Crippen molar-refractivity contribution in [3.63, 3.8) is 0 Å². The Hall–Kier alpha value is -2.70. The van der Waals surface area contributed by atoms with Gasteiger partial charge in [0.25, 0.3) is 5.56 Å². The zero-order chi connectivity index (χ0) is 22.0. The predicted molar refractivity (Wildman–Crippen MR) is 120 cm³/mol. The number of nitrogens with zero attached hydrogens (tertiary/aromatic N) is 3. The second kappa shape index (κ2) is 8.81. The summed E-state index contributed by atoms with van der Waals surface area (Å²) in [6.45, 7) is 3.99. The number of hydrogen-bond acceptors (Lipinski definition) is 3. The molecule has 1 fully saturated rings. The van der Waals surface area contributed by atoms with E-state index in [0.29, 0.717) is 25.1 Å². The highest BCUT2D eigenvalue weighted by atomic mass is 19.1. The minimum atomic E-state index is -0.401. The molecule has 0 saturated carbocycles. The third kappa shape index (κ3) is 4.23. The molecule has 6 heteroatoms. The van der Waals surface area contributed by atoms with Gasteiger partial charge in [-0.3, -0.25) is 14.4 Å². The van der Waals surface area contributed by atoms with E-state index in [4.69, 9.17) is 0 Å². The minimum absolute atomic E-state index is 0.000145. The summed E-state index contributed by atoms with van der Waals surface area (Å²) in [5.41, 5.74) is 2.77. The van der Waals surface area contributed by atoms with Crippen molar-refractivity contribution in [2.75, 3.05) is 19.7 Å². The third-order valence-corrected chi connectivity index (χ3v) is 6.65. The van der Waals surface area contributed by atoms with Crippen molar-refractivity contribution in [2.24, 2.45) is 12.5 Å². The van der Waals surface area contributed by atoms with E-state index >= 15 is 0 Å². The van der Waals surface area contributed by atoms with Crippen molar-refractivity contribution in [1.29, 1.82) is 0 Å². The maximum Gasteiger partial charge on any atom is 0.276 e. The number of para-hydroxylation sites is 1. The van der Waals surface area contributed by atoms with Gasteiger partial charge in [-0.25, -0.2) is 9.07 Å².